The number of benzene rings is 2. The monoisotopic (exact) mass is 432 g/mol. The fourth-order valence-corrected chi connectivity index (χ4v) is 3.75. The largest absolute Gasteiger partial charge is 0.490 e. The summed E-state index contributed by atoms with van der Waals surface area (Å²) in [5, 5.41) is 3.37. The molecular formula is C20H24Cl2F2N2O2. The Morgan fingerprint density at radius 1 is 1.04 bits per heavy atom. The van der Waals surface area contributed by atoms with Crippen LogP contribution in [-0.2, 0) is 11.3 Å². The highest BCUT2D eigenvalue weighted by molar-refractivity contribution is 5.85. The summed E-state index contributed by atoms with van der Waals surface area (Å²) in [4.78, 5) is 2.40. The van der Waals surface area contributed by atoms with E-state index in [1.165, 1.54) is 12.1 Å². The van der Waals surface area contributed by atoms with Gasteiger partial charge in [-0.3, -0.25) is 4.90 Å². The lowest BCUT2D eigenvalue weighted by Gasteiger charge is -2.42. The molecule has 0 saturated carbocycles. The van der Waals surface area contributed by atoms with Crippen molar-refractivity contribution in [2.24, 2.45) is 0 Å². The van der Waals surface area contributed by atoms with Crippen LogP contribution in [0.15, 0.2) is 42.5 Å². The van der Waals surface area contributed by atoms with Gasteiger partial charge in [0.15, 0.2) is 0 Å². The Hall–Kier alpha value is -1.44. The summed E-state index contributed by atoms with van der Waals surface area (Å²) in [6, 6.07) is 11.6. The van der Waals surface area contributed by atoms with Crippen molar-refractivity contribution >= 4 is 24.8 Å². The zero-order valence-corrected chi connectivity index (χ0v) is 16.9. The highest BCUT2D eigenvalue weighted by Crippen LogP contribution is 2.37. The summed E-state index contributed by atoms with van der Waals surface area (Å²) in [5.74, 6) is -0.298. The third-order valence-corrected chi connectivity index (χ3v) is 4.92. The number of hydrogen-bond donors (Lipinski definition) is 1. The van der Waals surface area contributed by atoms with Gasteiger partial charge in [0.05, 0.1) is 12.6 Å². The van der Waals surface area contributed by atoms with Crippen LogP contribution in [0.25, 0.3) is 0 Å². The fourth-order valence-electron chi connectivity index (χ4n) is 3.75. The summed E-state index contributed by atoms with van der Waals surface area (Å²) < 4.78 is 38.8. The average Bonchev–Trinajstić information content (AvgIpc) is 2.66. The molecule has 0 bridgehead atoms. The second kappa shape index (κ2) is 10.4. The van der Waals surface area contributed by atoms with Crippen LogP contribution in [-0.4, -0.2) is 43.8 Å². The van der Waals surface area contributed by atoms with Gasteiger partial charge in [0, 0.05) is 37.8 Å². The molecule has 2 aromatic carbocycles. The Balaban J connectivity index is 0.00000140. The van der Waals surface area contributed by atoms with Gasteiger partial charge in [-0.25, -0.2) is 8.78 Å². The maximum atomic E-state index is 13.4. The van der Waals surface area contributed by atoms with Gasteiger partial charge in [-0.05, 0) is 23.8 Å². The lowest BCUT2D eigenvalue weighted by atomic mass is 9.95. The van der Waals surface area contributed by atoms with Crippen molar-refractivity contribution in [1.29, 1.82) is 0 Å². The van der Waals surface area contributed by atoms with Crippen molar-refractivity contribution in [2.45, 2.75) is 18.8 Å². The van der Waals surface area contributed by atoms with E-state index in [2.05, 4.69) is 16.3 Å². The van der Waals surface area contributed by atoms with Crippen LogP contribution in [0.1, 0.15) is 17.2 Å². The van der Waals surface area contributed by atoms with Crippen LogP contribution in [0.2, 0.25) is 0 Å². The molecule has 2 heterocycles. The van der Waals surface area contributed by atoms with Gasteiger partial charge in [0.25, 0.3) is 0 Å². The molecule has 0 unspecified atom stereocenters. The first-order valence-corrected chi connectivity index (χ1v) is 8.94. The van der Waals surface area contributed by atoms with Crippen molar-refractivity contribution < 1.29 is 18.3 Å². The molecule has 0 radical (unpaired) electrons. The molecule has 2 aliphatic heterocycles. The van der Waals surface area contributed by atoms with Crippen LogP contribution >= 0.6 is 24.8 Å². The maximum absolute atomic E-state index is 13.4. The molecule has 2 aromatic rings. The lowest BCUT2D eigenvalue weighted by Crippen LogP contribution is -2.51. The average molecular weight is 433 g/mol. The zero-order chi connectivity index (χ0) is 17.9. The number of halogens is 4. The molecule has 2 aliphatic rings. The molecular weight excluding hydrogens is 409 g/mol. The third kappa shape index (κ3) is 5.13. The first-order chi connectivity index (χ1) is 12.7. The Morgan fingerprint density at radius 3 is 2.43 bits per heavy atom. The van der Waals surface area contributed by atoms with E-state index >= 15 is 0 Å². The van der Waals surface area contributed by atoms with Gasteiger partial charge in [-0.1, -0.05) is 18.2 Å². The molecule has 0 aliphatic carbocycles. The number of piperazine rings is 1. The second-order valence-electron chi connectivity index (χ2n) is 6.71. The molecule has 0 amide bonds. The quantitative estimate of drug-likeness (QED) is 0.797. The standard InChI is InChI=1S/C20H22F2N2O2.2ClH/c21-15-9-14(10-16(22)11-15)12-25-19-13-26-18-4-2-1-3-17(18)20(19)24-7-5-23-6-8-24;;/h1-4,9-11,19-20,23H,5-8,12-13H2;2*1H/t19-,20-;;/m1../s1. The van der Waals surface area contributed by atoms with Gasteiger partial charge < -0.3 is 14.8 Å². The van der Waals surface area contributed by atoms with Crippen LogP contribution < -0.4 is 10.1 Å². The minimum atomic E-state index is -0.590. The molecule has 8 heteroatoms. The highest BCUT2D eigenvalue weighted by atomic mass is 35.5. The molecule has 2 atom stereocenters. The van der Waals surface area contributed by atoms with Crippen molar-refractivity contribution in [3.05, 3.63) is 65.2 Å². The molecule has 4 rings (SSSR count). The van der Waals surface area contributed by atoms with Crippen molar-refractivity contribution in [1.82, 2.24) is 10.2 Å². The van der Waals surface area contributed by atoms with Gasteiger partial charge in [-0.2, -0.15) is 0 Å². The first kappa shape index (κ1) is 22.8. The number of ether oxygens (including phenoxy) is 2. The maximum Gasteiger partial charge on any atom is 0.126 e. The van der Waals surface area contributed by atoms with Crippen molar-refractivity contribution in [3.8, 4) is 5.75 Å². The van der Waals surface area contributed by atoms with E-state index in [1.54, 1.807) is 0 Å². The van der Waals surface area contributed by atoms with Crippen LogP contribution in [0, 0.1) is 11.6 Å². The Bertz CT molecular complexity index is 755. The highest BCUT2D eigenvalue weighted by Gasteiger charge is 2.36. The molecule has 154 valence electrons. The summed E-state index contributed by atoms with van der Waals surface area (Å²) in [7, 11) is 0. The number of fused-ring (bicyclic) bond motifs is 1. The number of hydrogen-bond acceptors (Lipinski definition) is 4. The van der Waals surface area contributed by atoms with Crippen LogP contribution in [0.5, 0.6) is 5.75 Å². The third-order valence-electron chi connectivity index (χ3n) is 4.92. The summed E-state index contributed by atoms with van der Waals surface area (Å²) in [6.45, 7) is 4.28. The number of nitrogens with one attached hydrogen (secondary N) is 1. The predicted octanol–water partition coefficient (Wildman–Crippen LogP) is 3.73. The minimum absolute atomic E-state index is 0. The van der Waals surface area contributed by atoms with Crippen molar-refractivity contribution in [2.75, 3.05) is 32.8 Å². The second-order valence-corrected chi connectivity index (χ2v) is 6.71. The lowest BCUT2D eigenvalue weighted by molar-refractivity contribution is -0.0618. The fraction of sp³-hybridized carbons (Fsp3) is 0.400. The Labute approximate surface area is 176 Å². The molecule has 0 spiro atoms. The Kier molecular flexibility index (Phi) is 8.46. The van der Waals surface area contributed by atoms with E-state index < -0.39 is 11.6 Å². The molecule has 28 heavy (non-hydrogen) atoms. The number of para-hydroxylation sites is 1. The van der Waals surface area contributed by atoms with Gasteiger partial charge in [-0.15, -0.1) is 24.8 Å². The van der Waals surface area contributed by atoms with E-state index in [4.69, 9.17) is 9.47 Å². The van der Waals surface area contributed by atoms with Gasteiger partial charge in [0.1, 0.15) is 30.1 Å². The topological polar surface area (TPSA) is 33.7 Å². The Morgan fingerprint density at radius 2 is 1.71 bits per heavy atom. The van der Waals surface area contributed by atoms with E-state index in [0.717, 1.165) is 43.6 Å². The molecule has 1 N–H and O–H groups in total. The van der Waals surface area contributed by atoms with Crippen LogP contribution in [0.3, 0.4) is 0 Å². The zero-order valence-electron chi connectivity index (χ0n) is 15.3. The molecule has 4 nitrogen and oxygen atoms in total. The normalized spacial score (nSPS) is 21.6. The van der Waals surface area contributed by atoms with Crippen LogP contribution in [0.4, 0.5) is 8.78 Å². The van der Waals surface area contributed by atoms with E-state index in [0.29, 0.717) is 12.2 Å². The smallest absolute Gasteiger partial charge is 0.126 e. The summed E-state index contributed by atoms with van der Waals surface area (Å²) in [6.07, 6.45) is -0.200. The minimum Gasteiger partial charge on any atom is -0.490 e. The first-order valence-electron chi connectivity index (χ1n) is 8.94. The van der Waals surface area contributed by atoms with Gasteiger partial charge in [0.2, 0.25) is 0 Å². The molecule has 1 saturated heterocycles. The van der Waals surface area contributed by atoms with Crippen molar-refractivity contribution in [3.63, 3.8) is 0 Å². The number of nitrogens with zero attached hydrogens (tertiary/aromatic N) is 1. The number of rotatable bonds is 4. The predicted molar refractivity (Wildman–Crippen MR) is 109 cm³/mol. The summed E-state index contributed by atoms with van der Waals surface area (Å²) in [5.41, 5.74) is 1.59. The van der Waals surface area contributed by atoms with E-state index in [9.17, 15) is 8.78 Å². The van der Waals surface area contributed by atoms with E-state index in [-0.39, 0.29) is 43.6 Å². The van der Waals surface area contributed by atoms with E-state index in [1.807, 2.05) is 18.2 Å². The SMILES string of the molecule is Cl.Cl.Fc1cc(F)cc(CO[C@@H]2COc3ccccc3[C@H]2N2CCNCC2)c1. The molecule has 1 fully saturated rings. The van der Waals surface area contributed by atoms with Gasteiger partial charge >= 0.3 is 0 Å². The molecule has 0 aromatic heterocycles. The summed E-state index contributed by atoms with van der Waals surface area (Å²) >= 11 is 0.